The van der Waals surface area contributed by atoms with Gasteiger partial charge in [-0.3, -0.25) is 10.1 Å². The fourth-order valence-corrected chi connectivity index (χ4v) is 2.65. The first-order chi connectivity index (χ1) is 12.2. The van der Waals surface area contributed by atoms with Crippen molar-refractivity contribution < 1.29 is 24.0 Å². The standard InChI is InChI=1S/C18H24N2O6/c1-18(2,3)26-16(21)15(25-17(22)19-9-4-5-10-19)12-13-7-6-8-14(11-13)20(23)24/h6-8,11,15H,4-5,9-10,12H2,1-3H3. The molecule has 1 aliphatic heterocycles. The van der Waals surface area contributed by atoms with E-state index in [4.69, 9.17) is 9.47 Å². The topological polar surface area (TPSA) is 99.0 Å². The third-order valence-electron chi connectivity index (χ3n) is 3.82. The number of hydrogen-bond donors (Lipinski definition) is 0. The Kier molecular flexibility index (Phi) is 6.18. The Hall–Kier alpha value is -2.64. The molecule has 2 rings (SSSR count). The summed E-state index contributed by atoms with van der Waals surface area (Å²) in [5.74, 6) is -0.670. The van der Waals surface area contributed by atoms with Crippen LogP contribution in [0.5, 0.6) is 0 Å². The molecule has 1 heterocycles. The molecule has 142 valence electrons. The van der Waals surface area contributed by atoms with E-state index in [1.807, 2.05) is 0 Å². The normalized spacial score (nSPS) is 15.4. The molecular weight excluding hydrogens is 340 g/mol. The predicted octanol–water partition coefficient (Wildman–Crippen LogP) is 3.08. The molecule has 1 fully saturated rings. The monoisotopic (exact) mass is 364 g/mol. The molecular formula is C18H24N2O6. The lowest BCUT2D eigenvalue weighted by Crippen LogP contribution is -2.39. The molecule has 0 N–H and O–H groups in total. The van der Waals surface area contributed by atoms with Crippen LogP contribution in [0.25, 0.3) is 0 Å². The zero-order chi connectivity index (χ0) is 19.3. The van der Waals surface area contributed by atoms with Crippen molar-refractivity contribution >= 4 is 17.7 Å². The van der Waals surface area contributed by atoms with Gasteiger partial charge in [-0.2, -0.15) is 0 Å². The Balaban J connectivity index is 2.16. The molecule has 1 aromatic carbocycles. The van der Waals surface area contributed by atoms with Crippen LogP contribution >= 0.6 is 0 Å². The minimum atomic E-state index is -1.16. The molecule has 8 heteroatoms. The van der Waals surface area contributed by atoms with Gasteiger partial charge in [-0.05, 0) is 39.2 Å². The van der Waals surface area contributed by atoms with Crippen molar-refractivity contribution in [3.8, 4) is 0 Å². The highest BCUT2D eigenvalue weighted by atomic mass is 16.6. The predicted molar refractivity (Wildman–Crippen MR) is 93.7 cm³/mol. The number of ether oxygens (including phenoxy) is 2. The number of hydrogen-bond acceptors (Lipinski definition) is 6. The maximum absolute atomic E-state index is 12.5. The van der Waals surface area contributed by atoms with Crippen LogP contribution in [-0.2, 0) is 20.7 Å². The first kappa shape index (κ1) is 19.7. The van der Waals surface area contributed by atoms with Crippen LogP contribution < -0.4 is 0 Å². The highest BCUT2D eigenvalue weighted by molar-refractivity contribution is 5.79. The lowest BCUT2D eigenvalue weighted by atomic mass is 10.1. The number of rotatable bonds is 5. The van der Waals surface area contributed by atoms with Gasteiger partial charge in [0.15, 0.2) is 0 Å². The molecule has 1 amide bonds. The van der Waals surface area contributed by atoms with E-state index < -0.39 is 28.7 Å². The Morgan fingerprint density at radius 2 is 1.92 bits per heavy atom. The van der Waals surface area contributed by atoms with Crippen molar-refractivity contribution in [1.29, 1.82) is 0 Å². The second-order valence-corrected chi connectivity index (χ2v) is 7.23. The average molecular weight is 364 g/mol. The lowest BCUT2D eigenvalue weighted by molar-refractivity contribution is -0.384. The van der Waals surface area contributed by atoms with Crippen molar-refractivity contribution in [1.82, 2.24) is 4.90 Å². The van der Waals surface area contributed by atoms with Crippen molar-refractivity contribution in [3.05, 3.63) is 39.9 Å². The van der Waals surface area contributed by atoms with Crippen LogP contribution in [0.15, 0.2) is 24.3 Å². The molecule has 0 aromatic heterocycles. The van der Waals surface area contributed by atoms with Crippen molar-refractivity contribution in [2.24, 2.45) is 0 Å². The summed E-state index contributed by atoms with van der Waals surface area (Å²) < 4.78 is 10.7. The summed E-state index contributed by atoms with van der Waals surface area (Å²) in [4.78, 5) is 36.7. The van der Waals surface area contributed by atoms with Gasteiger partial charge >= 0.3 is 12.1 Å². The second kappa shape index (κ2) is 8.16. The number of nitro benzene ring substituents is 1. The van der Waals surface area contributed by atoms with Crippen molar-refractivity contribution in [2.45, 2.75) is 51.7 Å². The summed E-state index contributed by atoms with van der Waals surface area (Å²) in [5, 5.41) is 10.9. The molecule has 1 aromatic rings. The first-order valence-corrected chi connectivity index (χ1v) is 8.57. The molecule has 8 nitrogen and oxygen atoms in total. The molecule has 0 saturated carbocycles. The van der Waals surface area contributed by atoms with E-state index in [0.717, 1.165) is 12.8 Å². The molecule has 0 spiro atoms. The zero-order valence-electron chi connectivity index (χ0n) is 15.3. The Labute approximate surface area is 152 Å². The number of likely N-dealkylation sites (tertiary alicyclic amines) is 1. The summed E-state index contributed by atoms with van der Waals surface area (Å²) >= 11 is 0. The number of carbonyl (C=O) groups is 2. The van der Waals surface area contributed by atoms with Gasteiger partial charge in [-0.15, -0.1) is 0 Å². The fourth-order valence-electron chi connectivity index (χ4n) is 2.65. The van der Waals surface area contributed by atoms with E-state index in [1.54, 1.807) is 31.7 Å². The van der Waals surface area contributed by atoms with Gasteiger partial charge in [0, 0.05) is 31.6 Å². The van der Waals surface area contributed by atoms with E-state index in [1.165, 1.54) is 18.2 Å². The molecule has 0 radical (unpaired) electrons. The molecule has 26 heavy (non-hydrogen) atoms. The number of nitro groups is 1. The Bertz CT molecular complexity index is 677. The van der Waals surface area contributed by atoms with Crippen LogP contribution in [0.1, 0.15) is 39.2 Å². The van der Waals surface area contributed by atoms with Gasteiger partial charge in [0.05, 0.1) is 4.92 Å². The Morgan fingerprint density at radius 1 is 1.27 bits per heavy atom. The molecule has 1 aliphatic rings. The minimum Gasteiger partial charge on any atom is -0.457 e. The highest BCUT2D eigenvalue weighted by Gasteiger charge is 2.31. The SMILES string of the molecule is CC(C)(C)OC(=O)C(Cc1cccc([N+](=O)[O-])c1)OC(=O)N1CCCC1. The summed E-state index contributed by atoms with van der Waals surface area (Å²) in [5.41, 5.74) is -0.307. The van der Waals surface area contributed by atoms with Crippen molar-refractivity contribution in [2.75, 3.05) is 13.1 Å². The maximum Gasteiger partial charge on any atom is 0.410 e. The number of esters is 1. The van der Waals surface area contributed by atoms with Gasteiger partial charge in [-0.1, -0.05) is 12.1 Å². The highest BCUT2D eigenvalue weighted by Crippen LogP contribution is 2.19. The van der Waals surface area contributed by atoms with Gasteiger partial charge in [0.1, 0.15) is 5.60 Å². The largest absolute Gasteiger partial charge is 0.457 e. The van der Waals surface area contributed by atoms with Gasteiger partial charge in [-0.25, -0.2) is 9.59 Å². The number of amides is 1. The maximum atomic E-state index is 12.5. The van der Waals surface area contributed by atoms with Gasteiger partial charge in [0.2, 0.25) is 6.10 Å². The van der Waals surface area contributed by atoms with Crippen LogP contribution in [0.3, 0.4) is 0 Å². The van der Waals surface area contributed by atoms with Gasteiger partial charge in [0.25, 0.3) is 5.69 Å². The van der Waals surface area contributed by atoms with E-state index in [9.17, 15) is 19.7 Å². The molecule has 0 aliphatic carbocycles. The van der Waals surface area contributed by atoms with Crippen LogP contribution in [0, 0.1) is 10.1 Å². The Morgan fingerprint density at radius 3 is 2.50 bits per heavy atom. The quantitative estimate of drug-likeness (QED) is 0.452. The first-order valence-electron chi connectivity index (χ1n) is 8.57. The van der Waals surface area contributed by atoms with E-state index in [-0.39, 0.29) is 12.1 Å². The van der Waals surface area contributed by atoms with Gasteiger partial charge < -0.3 is 14.4 Å². The van der Waals surface area contributed by atoms with E-state index in [2.05, 4.69) is 0 Å². The number of benzene rings is 1. The smallest absolute Gasteiger partial charge is 0.410 e. The molecule has 1 atom stereocenters. The summed E-state index contributed by atoms with van der Waals surface area (Å²) in [6.45, 7) is 6.35. The number of non-ortho nitro benzene ring substituents is 1. The van der Waals surface area contributed by atoms with E-state index in [0.29, 0.717) is 18.7 Å². The average Bonchev–Trinajstić information content (AvgIpc) is 3.07. The fraction of sp³-hybridized carbons (Fsp3) is 0.556. The summed E-state index contributed by atoms with van der Waals surface area (Å²) in [6.07, 6.45) is 0.0813. The molecule has 1 unspecified atom stereocenters. The second-order valence-electron chi connectivity index (χ2n) is 7.23. The number of nitrogens with zero attached hydrogens (tertiary/aromatic N) is 2. The number of carbonyl (C=O) groups excluding carboxylic acids is 2. The summed E-state index contributed by atoms with van der Waals surface area (Å²) in [7, 11) is 0. The molecule has 1 saturated heterocycles. The zero-order valence-corrected chi connectivity index (χ0v) is 15.3. The van der Waals surface area contributed by atoms with Crippen LogP contribution in [-0.4, -0.2) is 46.7 Å². The minimum absolute atomic E-state index is 0.0101. The van der Waals surface area contributed by atoms with Crippen LogP contribution in [0.4, 0.5) is 10.5 Å². The molecule has 0 bridgehead atoms. The summed E-state index contributed by atoms with van der Waals surface area (Å²) in [6, 6.07) is 5.90. The van der Waals surface area contributed by atoms with E-state index >= 15 is 0 Å². The van der Waals surface area contributed by atoms with Crippen molar-refractivity contribution in [3.63, 3.8) is 0 Å². The third-order valence-corrected chi connectivity index (χ3v) is 3.82. The van der Waals surface area contributed by atoms with Crippen LogP contribution in [0.2, 0.25) is 0 Å². The third kappa shape index (κ3) is 5.72. The lowest BCUT2D eigenvalue weighted by Gasteiger charge is -2.25.